The highest BCUT2D eigenvalue weighted by Gasteiger charge is 2.23. The zero-order valence-corrected chi connectivity index (χ0v) is 37.9. The molecule has 2 unspecified atom stereocenters. The molecule has 0 aromatic carbocycles. The van der Waals surface area contributed by atoms with Crippen LogP contribution in [0.2, 0.25) is 0 Å². The smallest absolute Gasteiger partial charge is 0.305 e. The largest absolute Gasteiger partial charge is 0.466 e. The number of ether oxygens (including phenoxy) is 2. The Morgan fingerprint density at radius 3 is 1.50 bits per heavy atom. The van der Waals surface area contributed by atoms with Gasteiger partial charge in [-0.05, 0) is 96.7 Å². The summed E-state index contributed by atoms with van der Waals surface area (Å²) < 4.78 is 10.8. The summed E-state index contributed by atoms with van der Waals surface area (Å²) in [6, 6.07) is 0.340. The Labute approximate surface area is 347 Å². The Morgan fingerprint density at radius 1 is 0.500 bits per heavy atom. The maximum atomic E-state index is 13.9. The second-order valence-corrected chi connectivity index (χ2v) is 17.3. The van der Waals surface area contributed by atoms with Crippen LogP contribution in [0.5, 0.6) is 0 Å². The van der Waals surface area contributed by atoms with E-state index >= 15 is 0 Å². The lowest BCUT2D eigenvalue weighted by Crippen LogP contribution is -2.42. The molecule has 0 aromatic rings. The van der Waals surface area contributed by atoms with Gasteiger partial charge in [-0.25, -0.2) is 0 Å². The molecule has 1 fully saturated rings. The topological polar surface area (TPSA) is 76.2 Å². The molecular formula is C49H94N2O5. The van der Waals surface area contributed by atoms with Crippen LogP contribution in [-0.2, 0) is 23.9 Å². The van der Waals surface area contributed by atoms with E-state index in [0.29, 0.717) is 50.3 Å². The number of rotatable bonds is 41. The Balaban J connectivity index is 2.59. The Bertz CT molecular complexity index is 907. The number of carbonyl (C=O) groups excluding carboxylic acids is 3. The van der Waals surface area contributed by atoms with Gasteiger partial charge in [-0.3, -0.25) is 14.4 Å². The van der Waals surface area contributed by atoms with Gasteiger partial charge in [0, 0.05) is 31.8 Å². The molecule has 0 aromatic heterocycles. The molecule has 1 aliphatic heterocycles. The molecule has 56 heavy (non-hydrogen) atoms. The van der Waals surface area contributed by atoms with Crippen LogP contribution in [0.15, 0.2) is 0 Å². The van der Waals surface area contributed by atoms with Crippen molar-refractivity contribution in [3.05, 3.63) is 0 Å². The Hall–Kier alpha value is -1.63. The molecule has 2 atom stereocenters. The fraction of sp³-hybridized carbons (Fsp3) is 0.939. The van der Waals surface area contributed by atoms with E-state index in [1.807, 2.05) is 6.92 Å². The van der Waals surface area contributed by atoms with Crippen LogP contribution >= 0.6 is 0 Å². The van der Waals surface area contributed by atoms with Crippen molar-refractivity contribution in [2.45, 2.75) is 252 Å². The fourth-order valence-electron chi connectivity index (χ4n) is 8.53. The van der Waals surface area contributed by atoms with Crippen LogP contribution in [0, 0.1) is 5.92 Å². The highest BCUT2D eigenvalue weighted by Crippen LogP contribution is 2.23. The molecule has 1 rings (SSSR count). The summed E-state index contributed by atoms with van der Waals surface area (Å²) in [6.07, 6.45) is 38.4. The second-order valence-electron chi connectivity index (χ2n) is 17.3. The number of carbonyl (C=O) groups is 3. The third-order valence-corrected chi connectivity index (χ3v) is 12.1. The molecule has 7 nitrogen and oxygen atoms in total. The quantitative estimate of drug-likeness (QED) is 0.0453. The van der Waals surface area contributed by atoms with Crippen LogP contribution in [-0.4, -0.2) is 73.1 Å². The number of nitrogens with zero attached hydrogens (tertiary/aromatic N) is 2. The van der Waals surface area contributed by atoms with Crippen molar-refractivity contribution >= 4 is 17.8 Å². The van der Waals surface area contributed by atoms with Crippen LogP contribution in [0.25, 0.3) is 0 Å². The summed E-state index contributed by atoms with van der Waals surface area (Å²) in [7, 11) is 0. The van der Waals surface area contributed by atoms with Crippen molar-refractivity contribution in [2.24, 2.45) is 5.92 Å². The Kier molecular flexibility index (Phi) is 36.4. The van der Waals surface area contributed by atoms with Crippen molar-refractivity contribution < 1.29 is 23.9 Å². The molecular weight excluding hydrogens is 697 g/mol. The lowest BCUT2D eigenvalue weighted by molar-refractivity contribution is -0.145. The van der Waals surface area contributed by atoms with E-state index in [1.54, 1.807) is 0 Å². The minimum atomic E-state index is -0.0691. The van der Waals surface area contributed by atoms with E-state index in [-0.39, 0.29) is 11.9 Å². The van der Waals surface area contributed by atoms with Gasteiger partial charge in [0.1, 0.15) is 0 Å². The first-order valence-corrected chi connectivity index (χ1v) is 24.8. The van der Waals surface area contributed by atoms with Gasteiger partial charge in [0.2, 0.25) is 5.91 Å². The van der Waals surface area contributed by atoms with Gasteiger partial charge in [0.15, 0.2) is 0 Å². The molecule has 0 saturated carbocycles. The van der Waals surface area contributed by atoms with Gasteiger partial charge >= 0.3 is 11.9 Å². The number of hydrogen-bond acceptors (Lipinski definition) is 6. The molecule has 1 amide bonds. The normalized spacial score (nSPS) is 14.2. The number of esters is 2. The average molecular weight is 791 g/mol. The first kappa shape index (κ1) is 52.4. The van der Waals surface area contributed by atoms with Gasteiger partial charge < -0.3 is 19.3 Å². The van der Waals surface area contributed by atoms with Crippen LogP contribution in [0.1, 0.15) is 246 Å². The lowest BCUT2D eigenvalue weighted by Gasteiger charge is -2.33. The van der Waals surface area contributed by atoms with Crippen molar-refractivity contribution in [3.8, 4) is 0 Å². The van der Waals surface area contributed by atoms with Gasteiger partial charge in [-0.1, -0.05) is 156 Å². The minimum absolute atomic E-state index is 0.00461. The number of unbranched alkanes of at least 4 members (excludes halogenated alkanes) is 19. The monoisotopic (exact) mass is 791 g/mol. The van der Waals surface area contributed by atoms with E-state index in [0.717, 1.165) is 70.9 Å². The van der Waals surface area contributed by atoms with Crippen molar-refractivity contribution in [1.29, 1.82) is 0 Å². The first-order valence-electron chi connectivity index (χ1n) is 24.8. The molecule has 0 bridgehead atoms. The summed E-state index contributed by atoms with van der Waals surface area (Å²) >= 11 is 0. The average Bonchev–Trinajstić information content (AvgIpc) is 3.72. The van der Waals surface area contributed by atoms with Crippen molar-refractivity contribution in [3.63, 3.8) is 0 Å². The third kappa shape index (κ3) is 30.4. The van der Waals surface area contributed by atoms with Crippen molar-refractivity contribution in [2.75, 3.05) is 39.4 Å². The second kappa shape index (κ2) is 38.9. The van der Waals surface area contributed by atoms with Crippen LogP contribution in [0.3, 0.4) is 0 Å². The van der Waals surface area contributed by atoms with E-state index in [4.69, 9.17) is 9.47 Å². The molecule has 1 saturated heterocycles. The Morgan fingerprint density at radius 2 is 0.946 bits per heavy atom. The summed E-state index contributed by atoms with van der Waals surface area (Å²) in [6.45, 7) is 14.2. The zero-order valence-electron chi connectivity index (χ0n) is 37.9. The molecule has 330 valence electrons. The third-order valence-electron chi connectivity index (χ3n) is 12.1. The zero-order chi connectivity index (χ0) is 40.7. The number of amides is 1. The molecule has 0 aliphatic carbocycles. The highest BCUT2D eigenvalue weighted by molar-refractivity contribution is 5.76. The van der Waals surface area contributed by atoms with Crippen LogP contribution in [0.4, 0.5) is 0 Å². The lowest BCUT2D eigenvalue weighted by atomic mass is 9.96. The van der Waals surface area contributed by atoms with Gasteiger partial charge in [-0.2, -0.15) is 0 Å². The molecule has 1 aliphatic rings. The van der Waals surface area contributed by atoms with E-state index in [9.17, 15) is 14.4 Å². The van der Waals surface area contributed by atoms with E-state index < -0.39 is 0 Å². The maximum absolute atomic E-state index is 13.9. The standard InChI is InChI=1S/C49H94N2O5/c1-5-9-12-14-21-27-37-47(52)51(43-32-42-50-40-30-31-41-50)46(35-25-19-15-17-22-28-38-48(53)55-8-4)36-26-20-16-18-23-29-39-49(54)56-44-45(33-11-7-3)34-24-13-10-6-2/h45-46H,5-44H2,1-4H3. The van der Waals surface area contributed by atoms with Crippen molar-refractivity contribution in [1.82, 2.24) is 9.80 Å². The first-order chi connectivity index (χ1) is 27.4. The summed E-state index contributed by atoms with van der Waals surface area (Å²) in [5.74, 6) is 0.849. The predicted molar refractivity (Wildman–Crippen MR) is 237 cm³/mol. The number of hydrogen-bond donors (Lipinski definition) is 0. The summed E-state index contributed by atoms with van der Waals surface area (Å²) in [4.78, 5) is 43.1. The summed E-state index contributed by atoms with van der Waals surface area (Å²) in [5.41, 5.74) is 0. The summed E-state index contributed by atoms with van der Waals surface area (Å²) in [5, 5.41) is 0. The van der Waals surface area contributed by atoms with E-state index in [1.165, 1.54) is 154 Å². The highest BCUT2D eigenvalue weighted by atomic mass is 16.5. The SMILES string of the molecule is CCCCCCCCC(=O)N(CCCN1CCCC1)C(CCCCCCCCC(=O)OCC)CCCCCCCCC(=O)OCC(CCCC)CCCCCC. The predicted octanol–water partition coefficient (Wildman–Crippen LogP) is 13.5. The fourth-order valence-corrected chi connectivity index (χ4v) is 8.53. The molecule has 1 heterocycles. The molecule has 0 radical (unpaired) electrons. The molecule has 7 heteroatoms. The molecule has 0 spiro atoms. The van der Waals surface area contributed by atoms with E-state index in [2.05, 4.69) is 30.6 Å². The minimum Gasteiger partial charge on any atom is -0.466 e. The van der Waals surface area contributed by atoms with Gasteiger partial charge in [0.25, 0.3) is 0 Å². The van der Waals surface area contributed by atoms with Gasteiger partial charge in [-0.15, -0.1) is 0 Å². The van der Waals surface area contributed by atoms with Crippen LogP contribution < -0.4 is 0 Å². The molecule has 0 N–H and O–H groups in total. The van der Waals surface area contributed by atoms with Gasteiger partial charge in [0.05, 0.1) is 13.2 Å². The maximum Gasteiger partial charge on any atom is 0.305 e. The number of likely N-dealkylation sites (tertiary alicyclic amines) is 1.